The number of aromatic nitrogens is 3. The highest BCUT2D eigenvalue weighted by Gasteiger charge is 2.15. The van der Waals surface area contributed by atoms with Gasteiger partial charge in [-0.1, -0.05) is 0 Å². The Hall–Kier alpha value is -2.28. The lowest BCUT2D eigenvalue weighted by molar-refractivity contribution is 0.0903. The maximum atomic E-state index is 14.0. The van der Waals surface area contributed by atoms with Crippen molar-refractivity contribution in [3.8, 4) is 17.1 Å². The molecule has 1 N–H and O–H groups in total. The molecule has 22 heavy (non-hydrogen) atoms. The molecule has 2 aromatic rings. The van der Waals surface area contributed by atoms with Gasteiger partial charge in [-0.3, -0.25) is 0 Å². The number of hydrogen-bond donors (Lipinski definition) is 1. The van der Waals surface area contributed by atoms with Crippen LogP contribution in [-0.4, -0.2) is 41.3 Å². The number of pyridine rings is 1. The van der Waals surface area contributed by atoms with Gasteiger partial charge in [0.15, 0.2) is 5.82 Å². The summed E-state index contributed by atoms with van der Waals surface area (Å²) >= 11 is 0. The Morgan fingerprint density at radius 3 is 2.91 bits per heavy atom. The van der Waals surface area contributed by atoms with Crippen molar-refractivity contribution >= 4 is 5.95 Å². The minimum atomic E-state index is -0.448. The Bertz CT molecular complexity index is 647. The molecule has 3 rings (SSSR count). The monoisotopic (exact) mass is 304 g/mol. The van der Waals surface area contributed by atoms with Crippen molar-refractivity contribution in [2.75, 3.05) is 25.6 Å². The molecule has 0 amide bonds. The van der Waals surface area contributed by atoms with Crippen LogP contribution in [0.15, 0.2) is 24.5 Å². The van der Waals surface area contributed by atoms with Gasteiger partial charge < -0.3 is 14.8 Å². The molecule has 0 spiro atoms. The highest BCUT2D eigenvalue weighted by molar-refractivity contribution is 5.61. The molecule has 0 saturated carbocycles. The van der Waals surface area contributed by atoms with E-state index < -0.39 is 5.82 Å². The molecule has 3 heterocycles. The van der Waals surface area contributed by atoms with Crippen LogP contribution in [0.4, 0.5) is 10.3 Å². The largest absolute Gasteiger partial charge is 0.481 e. The van der Waals surface area contributed by atoms with Gasteiger partial charge >= 0.3 is 0 Å². The smallest absolute Gasteiger partial charge is 0.223 e. The van der Waals surface area contributed by atoms with Crippen molar-refractivity contribution in [3.05, 3.63) is 30.3 Å². The number of nitrogens with zero attached hydrogens (tertiary/aromatic N) is 3. The Morgan fingerprint density at radius 1 is 1.32 bits per heavy atom. The molecular formula is C15H17FN4O2. The molecule has 0 aromatic carbocycles. The van der Waals surface area contributed by atoms with Crippen LogP contribution in [0, 0.1) is 5.82 Å². The van der Waals surface area contributed by atoms with Gasteiger partial charge in [0.25, 0.3) is 0 Å². The van der Waals surface area contributed by atoms with Crippen LogP contribution in [-0.2, 0) is 4.74 Å². The molecule has 0 bridgehead atoms. The van der Waals surface area contributed by atoms with E-state index in [0.29, 0.717) is 23.1 Å². The summed E-state index contributed by atoms with van der Waals surface area (Å²) < 4.78 is 24.3. The fraction of sp³-hybridized carbons (Fsp3) is 0.400. The molecule has 6 nitrogen and oxygen atoms in total. The number of rotatable bonds is 4. The number of hydrogen-bond acceptors (Lipinski definition) is 6. The molecule has 0 atom stereocenters. The predicted octanol–water partition coefficient (Wildman–Crippen LogP) is 2.28. The number of nitrogens with one attached hydrogen (secondary N) is 1. The topological polar surface area (TPSA) is 69.2 Å². The SMILES string of the molecule is COc1cc(-c2ccnc(NC3CCOCC3)n2)c(F)cn1. The minimum absolute atomic E-state index is 0.279. The van der Waals surface area contributed by atoms with Crippen LogP contribution < -0.4 is 10.1 Å². The van der Waals surface area contributed by atoms with Crippen molar-refractivity contribution in [1.82, 2.24) is 15.0 Å². The van der Waals surface area contributed by atoms with E-state index in [9.17, 15) is 4.39 Å². The first-order valence-corrected chi connectivity index (χ1v) is 7.13. The molecule has 1 saturated heterocycles. The molecule has 2 aromatic heterocycles. The second-order valence-corrected chi connectivity index (χ2v) is 5.00. The lowest BCUT2D eigenvalue weighted by Crippen LogP contribution is -2.28. The molecule has 0 aliphatic carbocycles. The lowest BCUT2D eigenvalue weighted by Gasteiger charge is -2.23. The number of halogens is 1. The van der Waals surface area contributed by atoms with E-state index >= 15 is 0 Å². The molecule has 0 unspecified atom stereocenters. The number of anilines is 1. The molecule has 1 aliphatic rings. The van der Waals surface area contributed by atoms with E-state index in [0.717, 1.165) is 32.3 Å². The molecule has 0 radical (unpaired) electrons. The summed E-state index contributed by atoms with van der Waals surface area (Å²) in [7, 11) is 1.49. The lowest BCUT2D eigenvalue weighted by atomic mass is 10.1. The Kier molecular flexibility index (Phi) is 4.43. The summed E-state index contributed by atoms with van der Waals surface area (Å²) in [6, 6.07) is 3.46. The quantitative estimate of drug-likeness (QED) is 0.934. The maximum Gasteiger partial charge on any atom is 0.223 e. The van der Waals surface area contributed by atoms with Crippen LogP contribution in [0.5, 0.6) is 5.88 Å². The van der Waals surface area contributed by atoms with Crippen LogP contribution in [0.1, 0.15) is 12.8 Å². The third kappa shape index (κ3) is 3.30. The molecule has 7 heteroatoms. The van der Waals surface area contributed by atoms with Crippen molar-refractivity contribution in [2.45, 2.75) is 18.9 Å². The van der Waals surface area contributed by atoms with Crippen LogP contribution in [0.25, 0.3) is 11.3 Å². The first-order valence-electron chi connectivity index (χ1n) is 7.13. The predicted molar refractivity (Wildman–Crippen MR) is 79.2 cm³/mol. The van der Waals surface area contributed by atoms with E-state index in [1.165, 1.54) is 13.2 Å². The Morgan fingerprint density at radius 2 is 2.14 bits per heavy atom. The summed E-state index contributed by atoms with van der Waals surface area (Å²) in [5.74, 6) is 0.380. The second-order valence-electron chi connectivity index (χ2n) is 5.00. The minimum Gasteiger partial charge on any atom is -0.481 e. The fourth-order valence-corrected chi connectivity index (χ4v) is 2.33. The van der Waals surface area contributed by atoms with Crippen LogP contribution >= 0.6 is 0 Å². The Labute approximate surface area is 127 Å². The highest BCUT2D eigenvalue weighted by atomic mass is 19.1. The summed E-state index contributed by atoms with van der Waals surface area (Å²) in [5, 5.41) is 3.27. The molecular weight excluding hydrogens is 287 g/mol. The first kappa shape index (κ1) is 14.6. The average Bonchev–Trinajstić information content (AvgIpc) is 2.56. The van der Waals surface area contributed by atoms with Gasteiger partial charge in [0, 0.05) is 37.1 Å². The summed E-state index contributed by atoms with van der Waals surface area (Å²) in [4.78, 5) is 12.4. The van der Waals surface area contributed by atoms with Crippen molar-refractivity contribution < 1.29 is 13.9 Å². The van der Waals surface area contributed by atoms with E-state index in [2.05, 4.69) is 20.3 Å². The van der Waals surface area contributed by atoms with E-state index in [1.807, 2.05) is 0 Å². The third-order valence-corrected chi connectivity index (χ3v) is 3.53. The normalized spacial score (nSPS) is 15.5. The van der Waals surface area contributed by atoms with E-state index in [1.54, 1.807) is 12.3 Å². The summed E-state index contributed by atoms with van der Waals surface area (Å²) in [5.41, 5.74) is 0.826. The molecule has 116 valence electrons. The van der Waals surface area contributed by atoms with Gasteiger partial charge in [-0.25, -0.2) is 19.3 Å². The highest BCUT2D eigenvalue weighted by Crippen LogP contribution is 2.24. The van der Waals surface area contributed by atoms with Crippen molar-refractivity contribution in [1.29, 1.82) is 0 Å². The van der Waals surface area contributed by atoms with Gasteiger partial charge in [-0.15, -0.1) is 0 Å². The van der Waals surface area contributed by atoms with Crippen LogP contribution in [0.2, 0.25) is 0 Å². The zero-order valence-electron chi connectivity index (χ0n) is 12.3. The number of methoxy groups -OCH3 is 1. The number of ether oxygens (including phenoxy) is 2. The van der Waals surface area contributed by atoms with Gasteiger partial charge in [0.1, 0.15) is 0 Å². The Balaban J connectivity index is 1.84. The van der Waals surface area contributed by atoms with Gasteiger partial charge in [-0.05, 0) is 18.9 Å². The molecule has 1 aliphatic heterocycles. The zero-order chi connectivity index (χ0) is 15.4. The average molecular weight is 304 g/mol. The second kappa shape index (κ2) is 6.65. The maximum absolute atomic E-state index is 14.0. The van der Waals surface area contributed by atoms with Crippen molar-refractivity contribution in [3.63, 3.8) is 0 Å². The standard InChI is InChI=1S/C15H17FN4O2/c1-21-14-8-11(12(16)9-18-14)13-2-5-17-15(20-13)19-10-3-6-22-7-4-10/h2,5,8-10H,3-4,6-7H2,1H3,(H,17,19,20). The first-order chi connectivity index (χ1) is 10.8. The summed E-state index contributed by atoms with van der Waals surface area (Å²) in [6.07, 6.45) is 4.55. The van der Waals surface area contributed by atoms with Gasteiger partial charge in [-0.2, -0.15) is 0 Å². The van der Waals surface area contributed by atoms with Gasteiger partial charge in [0.2, 0.25) is 11.8 Å². The molecule has 1 fully saturated rings. The van der Waals surface area contributed by atoms with E-state index in [4.69, 9.17) is 9.47 Å². The fourth-order valence-electron chi connectivity index (χ4n) is 2.33. The van der Waals surface area contributed by atoms with Gasteiger partial charge in [0.05, 0.1) is 19.0 Å². The van der Waals surface area contributed by atoms with Crippen molar-refractivity contribution in [2.24, 2.45) is 0 Å². The summed E-state index contributed by atoms with van der Waals surface area (Å²) in [6.45, 7) is 1.46. The van der Waals surface area contributed by atoms with Crippen LogP contribution in [0.3, 0.4) is 0 Å². The third-order valence-electron chi connectivity index (χ3n) is 3.53. The zero-order valence-corrected chi connectivity index (χ0v) is 12.3. The van der Waals surface area contributed by atoms with E-state index in [-0.39, 0.29) is 6.04 Å².